The molecule has 0 aliphatic carbocycles. The van der Waals surface area contributed by atoms with E-state index in [1.807, 2.05) is 42.5 Å². The number of hydrazine groups is 1. The number of amides is 1. The van der Waals surface area contributed by atoms with Crippen molar-refractivity contribution in [3.63, 3.8) is 0 Å². The minimum absolute atomic E-state index is 0.0515. The molecule has 0 radical (unpaired) electrons. The minimum Gasteiger partial charge on any atom is -0.346 e. The molecule has 2 heterocycles. The van der Waals surface area contributed by atoms with Gasteiger partial charge in [-0.2, -0.15) is 0 Å². The summed E-state index contributed by atoms with van der Waals surface area (Å²) in [5.41, 5.74) is 9.50. The standard InChI is InChI=1S/C22H27N5O/c1-14-17(15(2)27-26-14)13-21(28)23-20(12-16-8-4-3-5-9-16)22-24-18-10-6-7-11-19(18)25-22/h3-11,14-15,17,20,26-27H,12-13H2,1-2H3,(H,23,28)(H,24,25). The Morgan fingerprint density at radius 1 is 1.04 bits per heavy atom. The van der Waals surface area contributed by atoms with E-state index in [0.717, 1.165) is 16.9 Å². The van der Waals surface area contributed by atoms with Crippen molar-refractivity contribution in [2.24, 2.45) is 5.92 Å². The van der Waals surface area contributed by atoms with Gasteiger partial charge in [-0.15, -0.1) is 0 Å². The number of aromatic amines is 1. The molecule has 0 spiro atoms. The summed E-state index contributed by atoms with van der Waals surface area (Å²) >= 11 is 0. The predicted molar refractivity (Wildman–Crippen MR) is 110 cm³/mol. The SMILES string of the molecule is CC1NNC(C)C1CC(=O)NC(Cc1ccccc1)c1nc2ccccc2[nH]1. The second kappa shape index (κ2) is 8.12. The Bertz CT molecular complexity index is 895. The molecule has 6 heteroatoms. The summed E-state index contributed by atoms with van der Waals surface area (Å²) in [6.07, 6.45) is 1.17. The molecule has 0 bridgehead atoms. The lowest BCUT2D eigenvalue weighted by Crippen LogP contribution is -2.35. The molecule has 6 nitrogen and oxygen atoms in total. The summed E-state index contributed by atoms with van der Waals surface area (Å²) < 4.78 is 0. The summed E-state index contributed by atoms with van der Waals surface area (Å²) in [4.78, 5) is 21.0. The molecule has 1 saturated heterocycles. The molecule has 0 saturated carbocycles. The highest BCUT2D eigenvalue weighted by Crippen LogP contribution is 2.22. The summed E-state index contributed by atoms with van der Waals surface area (Å²) in [7, 11) is 0. The zero-order valence-corrected chi connectivity index (χ0v) is 16.3. The number of nitrogens with zero attached hydrogens (tertiary/aromatic N) is 1. The Morgan fingerprint density at radius 3 is 2.43 bits per heavy atom. The number of imidazole rings is 1. The van der Waals surface area contributed by atoms with E-state index in [0.29, 0.717) is 12.8 Å². The summed E-state index contributed by atoms with van der Waals surface area (Å²) in [6.45, 7) is 4.21. The lowest BCUT2D eigenvalue weighted by atomic mass is 9.92. The van der Waals surface area contributed by atoms with Crippen molar-refractivity contribution in [3.05, 3.63) is 66.0 Å². The van der Waals surface area contributed by atoms with Crippen LogP contribution in [0.1, 0.15) is 37.7 Å². The van der Waals surface area contributed by atoms with E-state index in [1.165, 1.54) is 5.56 Å². The molecule has 3 atom stereocenters. The van der Waals surface area contributed by atoms with Crippen molar-refractivity contribution in [2.45, 2.75) is 44.8 Å². The average Bonchev–Trinajstić information content (AvgIpc) is 3.27. The van der Waals surface area contributed by atoms with E-state index in [1.54, 1.807) is 0 Å². The van der Waals surface area contributed by atoms with E-state index in [-0.39, 0.29) is 30.0 Å². The van der Waals surface area contributed by atoms with Gasteiger partial charge in [0.15, 0.2) is 0 Å². The normalized spacial score (nSPS) is 23.0. The minimum atomic E-state index is -0.199. The Balaban J connectivity index is 1.54. The molecule has 1 fully saturated rings. The van der Waals surface area contributed by atoms with Crippen molar-refractivity contribution in [1.29, 1.82) is 0 Å². The number of H-pyrrole nitrogens is 1. The first kappa shape index (κ1) is 18.7. The first-order valence-corrected chi connectivity index (χ1v) is 9.89. The molecule has 4 N–H and O–H groups in total. The van der Waals surface area contributed by atoms with Gasteiger partial charge in [0, 0.05) is 24.4 Å². The molecule has 28 heavy (non-hydrogen) atoms. The predicted octanol–water partition coefficient (Wildman–Crippen LogP) is 2.85. The van der Waals surface area contributed by atoms with Crippen LogP contribution in [0.2, 0.25) is 0 Å². The first-order valence-electron chi connectivity index (χ1n) is 9.89. The van der Waals surface area contributed by atoms with Crippen molar-refractivity contribution >= 4 is 16.9 Å². The Labute approximate surface area is 165 Å². The van der Waals surface area contributed by atoms with Crippen LogP contribution < -0.4 is 16.2 Å². The fourth-order valence-electron chi connectivity index (χ4n) is 3.93. The van der Waals surface area contributed by atoms with Crippen LogP contribution in [0.15, 0.2) is 54.6 Å². The lowest BCUT2D eigenvalue weighted by molar-refractivity contribution is -0.123. The molecule has 1 aliphatic rings. The largest absolute Gasteiger partial charge is 0.346 e. The van der Waals surface area contributed by atoms with E-state index in [9.17, 15) is 4.79 Å². The second-order valence-corrected chi connectivity index (χ2v) is 7.68. The number of fused-ring (bicyclic) bond motifs is 1. The van der Waals surface area contributed by atoms with Crippen LogP contribution in [-0.2, 0) is 11.2 Å². The van der Waals surface area contributed by atoms with Crippen molar-refractivity contribution in [2.75, 3.05) is 0 Å². The van der Waals surface area contributed by atoms with Gasteiger partial charge in [0.05, 0.1) is 17.1 Å². The molecule has 2 aromatic carbocycles. The fraction of sp³-hybridized carbons (Fsp3) is 0.364. The second-order valence-electron chi connectivity index (χ2n) is 7.68. The number of hydrogen-bond acceptors (Lipinski definition) is 4. The van der Waals surface area contributed by atoms with Crippen molar-refractivity contribution in [1.82, 2.24) is 26.1 Å². The summed E-state index contributed by atoms with van der Waals surface area (Å²) in [6, 6.07) is 18.5. The maximum Gasteiger partial charge on any atom is 0.220 e. The molecule has 1 aromatic heterocycles. The van der Waals surface area contributed by atoms with Crippen molar-refractivity contribution in [3.8, 4) is 0 Å². The number of hydrogen-bond donors (Lipinski definition) is 4. The summed E-state index contributed by atoms with van der Waals surface area (Å²) in [5, 5.41) is 3.22. The lowest BCUT2D eigenvalue weighted by Gasteiger charge is -2.21. The van der Waals surface area contributed by atoms with Gasteiger partial charge in [0.1, 0.15) is 5.82 Å². The molecule has 3 aromatic rings. The topological polar surface area (TPSA) is 81.8 Å². The maximum absolute atomic E-state index is 12.9. The smallest absolute Gasteiger partial charge is 0.220 e. The number of rotatable bonds is 6. The number of carbonyl (C=O) groups excluding carboxylic acids is 1. The molecule has 4 rings (SSSR count). The van der Waals surface area contributed by atoms with Gasteiger partial charge in [0.2, 0.25) is 5.91 Å². The molecule has 1 amide bonds. The van der Waals surface area contributed by atoms with Crippen LogP contribution in [0.3, 0.4) is 0 Å². The van der Waals surface area contributed by atoms with Gasteiger partial charge in [-0.3, -0.25) is 15.6 Å². The van der Waals surface area contributed by atoms with Gasteiger partial charge < -0.3 is 10.3 Å². The van der Waals surface area contributed by atoms with Gasteiger partial charge in [-0.25, -0.2) is 4.98 Å². The van der Waals surface area contributed by atoms with Crippen molar-refractivity contribution < 1.29 is 4.79 Å². The molecule has 3 unspecified atom stereocenters. The van der Waals surface area contributed by atoms with Crippen LogP contribution in [0.5, 0.6) is 0 Å². The van der Waals surface area contributed by atoms with Gasteiger partial charge >= 0.3 is 0 Å². The third-order valence-corrected chi connectivity index (χ3v) is 5.60. The number of benzene rings is 2. The van der Waals surface area contributed by atoms with Crippen LogP contribution in [0.25, 0.3) is 11.0 Å². The molecular weight excluding hydrogens is 350 g/mol. The zero-order valence-electron chi connectivity index (χ0n) is 16.3. The van der Waals surface area contributed by atoms with Crippen LogP contribution >= 0.6 is 0 Å². The van der Waals surface area contributed by atoms with Crippen LogP contribution in [-0.4, -0.2) is 28.0 Å². The highest BCUT2D eigenvalue weighted by atomic mass is 16.1. The van der Waals surface area contributed by atoms with E-state index < -0.39 is 0 Å². The molecule has 146 valence electrons. The number of carbonyl (C=O) groups is 1. The van der Waals surface area contributed by atoms with E-state index >= 15 is 0 Å². The van der Waals surface area contributed by atoms with Gasteiger partial charge in [-0.1, -0.05) is 42.5 Å². The Hall–Kier alpha value is -2.70. The molecular formula is C22H27N5O. The van der Waals surface area contributed by atoms with Gasteiger partial charge in [-0.05, 0) is 38.0 Å². The first-order chi connectivity index (χ1) is 13.6. The number of aromatic nitrogens is 2. The monoisotopic (exact) mass is 377 g/mol. The number of nitrogens with one attached hydrogen (secondary N) is 4. The average molecular weight is 377 g/mol. The third kappa shape index (κ3) is 4.08. The maximum atomic E-state index is 12.9. The Kier molecular flexibility index (Phi) is 5.41. The van der Waals surface area contributed by atoms with Gasteiger partial charge in [0.25, 0.3) is 0 Å². The summed E-state index contributed by atoms with van der Waals surface area (Å²) in [5.74, 6) is 1.10. The van der Waals surface area contributed by atoms with E-state index in [2.05, 4.69) is 47.1 Å². The van der Waals surface area contributed by atoms with E-state index in [4.69, 9.17) is 4.98 Å². The van der Waals surface area contributed by atoms with Crippen LogP contribution in [0.4, 0.5) is 0 Å². The Morgan fingerprint density at radius 2 is 1.71 bits per heavy atom. The van der Waals surface area contributed by atoms with Crippen LogP contribution in [0, 0.1) is 5.92 Å². The molecule has 1 aliphatic heterocycles. The highest BCUT2D eigenvalue weighted by Gasteiger charge is 2.32. The fourth-order valence-corrected chi connectivity index (χ4v) is 3.93. The zero-order chi connectivity index (χ0) is 19.5. The third-order valence-electron chi connectivity index (χ3n) is 5.60. The quantitative estimate of drug-likeness (QED) is 0.532. The number of para-hydroxylation sites is 2. The highest BCUT2D eigenvalue weighted by molar-refractivity contribution is 5.78.